The molecule has 9 heavy (non-hydrogen) atoms. The molecule has 0 saturated carbocycles. The quantitative estimate of drug-likeness (QED) is 0.513. The zero-order chi connectivity index (χ0) is 6.69. The van der Waals surface area contributed by atoms with Crippen molar-refractivity contribution in [2.24, 2.45) is 5.73 Å². The van der Waals surface area contributed by atoms with E-state index in [1.165, 1.54) is 0 Å². The molecule has 1 rings (SSSR count). The Bertz CT molecular complexity index is 151. The molecule has 1 aliphatic heterocycles. The Balaban J connectivity index is 2.57. The third-order valence-corrected chi connectivity index (χ3v) is 1.61. The van der Waals surface area contributed by atoms with E-state index in [9.17, 15) is 0 Å². The Morgan fingerprint density at radius 1 is 1.78 bits per heavy atom. The maximum Gasteiger partial charge on any atom is 0.100 e. The Kier molecular flexibility index (Phi) is 2.19. The standard InChI is InChI=1S/C6H10N2S/c7-6(9)5-2-1-3-8-4-5/h2,8H,1,3-4H2,(H2,7,9). The normalized spacial score (nSPS) is 18.9. The van der Waals surface area contributed by atoms with Crippen LogP contribution in [0.2, 0.25) is 0 Å². The predicted molar refractivity (Wildman–Crippen MR) is 42.4 cm³/mol. The highest BCUT2D eigenvalue weighted by atomic mass is 32.1. The van der Waals surface area contributed by atoms with Crippen molar-refractivity contribution in [2.75, 3.05) is 13.1 Å². The number of nitrogens with one attached hydrogen (secondary N) is 1. The van der Waals surface area contributed by atoms with Gasteiger partial charge in [0, 0.05) is 6.54 Å². The molecule has 0 atom stereocenters. The molecule has 1 heterocycles. The lowest BCUT2D eigenvalue weighted by Crippen LogP contribution is -2.28. The summed E-state index contributed by atoms with van der Waals surface area (Å²) in [4.78, 5) is 0.530. The highest BCUT2D eigenvalue weighted by Crippen LogP contribution is 1.99. The van der Waals surface area contributed by atoms with Gasteiger partial charge in [-0.25, -0.2) is 0 Å². The Morgan fingerprint density at radius 2 is 2.56 bits per heavy atom. The first-order valence-corrected chi connectivity index (χ1v) is 3.41. The molecule has 3 heteroatoms. The zero-order valence-electron chi connectivity index (χ0n) is 5.18. The number of hydrogen-bond acceptors (Lipinski definition) is 2. The van der Waals surface area contributed by atoms with Crippen LogP contribution in [0.3, 0.4) is 0 Å². The van der Waals surface area contributed by atoms with E-state index in [1.807, 2.05) is 0 Å². The minimum Gasteiger partial charge on any atom is -0.390 e. The smallest absolute Gasteiger partial charge is 0.100 e. The SMILES string of the molecule is NC(=S)C1=CCCNC1. The van der Waals surface area contributed by atoms with Gasteiger partial charge in [-0.05, 0) is 18.5 Å². The van der Waals surface area contributed by atoms with Gasteiger partial charge in [0.25, 0.3) is 0 Å². The summed E-state index contributed by atoms with van der Waals surface area (Å²) < 4.78 is 0. The average molecular weight is 142 g/mol. The van der Waals surface area contributed by atoms with Gasteiger partial charge >= 0.3 is 0 Å². The molecule has 1 aliphatic rings. The first-order valence-electron chi connectivity index (χ1n) is 3.00. The van der Waals surface area contributed by atoms with Crippen LogP contribution in [0.15, 0.2) is 11.6 Å². The van der Waals surface area contributed by atoms with Crippen molar-refractivity contribution in [3.8, 4) is 0 Å². The Morgan fingerprint density at radius 3 is 2.89 bits per heavy atom. The van der Waals surface area contributed by atoms with Crippen molar-refractivity contribution >= 4 is 17.2 Å². The van der Waals surface area contributed by atoms with Gasteiger partial charge in [-0.2, -0.15) is 0 Å². The van der Waals surface area contributed by atoms with Crippen molar-refractivity contribution in [1.29, 1.82) is 0 Å². The number of thiocarbonyl (C=S) groups is 1. The van der Waals surface area contributed by atoms with E-state index < -0.39 is 0 Å². The van der Waals surface area contributed by atoms with Gasteiger partial charge in [0.1, 0.15) is 4.99 Å². The first-order chi connectivity index (χ1) is 4.30. The second-order valence-electron chi connectivity index (χ2n) is 2.06. The summed E-state index contributed by atoms with van der Waals surface area (Å²) in [7, 11) is 0. The molecular weight excluding hydrogens is 132 g/mol. The van der Waals surface area contributed by atoms with E-state index in [-0.39, 0.29) is 0 Å². The van der Waals surface area contributed by atoms with Crippen molar-refractivity contribution in [2.45, 2.75) is 6.42 Å². The van der Waals surface area contributed by atoms with Gasteiger partial charge in [-0.1, -0.05) is 18.3 Å². The van der Waals surface area contributed by atoms with Gasteiger partial charge in [-0.15, -0.1) is 0 Å². The van der Waals surface area contributed by atoms with Crippen LogP contribution < -0.4 is 11.1 Å². The fourth-order valence-electron chi connectivity index (χ4n) is 0.831. The largest absolute Gasteiger partial charge is 0.390 e. The molecule has 0 aromatic rings. The van der Waals surface area contributed by atoms with Crippen LogP contribution in [-0.2, 0) is 0 Å². The van der Waals surface area contributed by atoms with Crippen molar-refractivity contribution < 1.29 is 0 Å². The summed E-state index contributed by atoms with van der Waals surface area (Å²) in [6.45, 7) is 1.89. The van der Waals surface area contributed by atoms with Gasteiger partial charge in [0.05, 0.1) is 0 Å². The van der Waals surface area contributed by atoms with E-state index in [2.05, 4.69) is 11.4 Å². The highest BCUT2D eigenvalue weighted by molar-refractivity contribution is 7.80. The Labute approximate surface area is 60.1 Å². The van der Waals surface area contributed by atoms with Crippen LogP contribution >= 0.6 is 12.2 Å². The number of rotatable bonds is 1. The van der Waals surface area contributed by atoms with E-state index in [1.54, 1.807) is 0 Å². The first kappa shape index (κ1) is 6.71. The number of nitrogens with two attached hydrogens (primary N) is 1. The molecule has 0 fully saturated rings. The van der Waals surface area contributed by atoms with Crippen LogP contribution in [0.1, 0.15) is 6.42 Å². The zero-order valence-corrected chi connectivity index (χ0v) is 6.00. The van der Waals surface area contributed by atoms with Gasteiger partial charge in [-0.3, -0.25) is 0 Å². The fourth-order valence-corrected chi connectivity index (χ4v) is 0.987. The molecule has 50 valence electrons. The molecule has 2 nitrogen and oxygen atoms in total. The summed E-state index contributed by atoms with van der Waals surface area (Å²) >= 11 is 4.78. The van der Waals surface area contributed by atoms with Crippen LogP contribution in [0.25, 0.3) is 0 Å². The summed E-state index contributed by atoms with van der Waals surface area (Å²) in [5.74, 6) is 0. The van der Waals surface area contributed by atoms with E-state index >= 15 is 0 Å². The van der Waals surface area contributed by atoms with Crippen molar-refractivity contribution in [3.05, 3.63) is 11.6 Å². The van der Waals surface area contributed by atoms with Gasteiger partial charge in [0.15, 0.2) is 0 Å². The van der Waals surface area contributed by atoms with Gasteiger partial charge in [0.2, 0.25) is 0 Å². The highest BCUT2D eigenvalue weighted by Gasteiger charge is 2.03. The lowest BCUT2D eigenvalue weighted by atomic mass is 10.1. The van der Waals surface area contributed by atoms with Crippen LogP contribution in [0, 0.1) is 0 Å². The molecule has 0 saturated heterocycles. The molecule has 0 aliphatic carbocycles. The topological polar surface area (TPSA) is 38.0 Å². The summed E-state index contributed by atoms with van der Waals surface area (Å²) in [6, 6.07) is 0. The molecule has 0 spiro atoms. The van der Waals surface area contributed by atoms with E-state index in [0.717, 1.165) is 25.1 Å². The molecule has 0 radical (unpaired) electrons. The Hall–Kier alpha value is -0.410. The number of hydrogen-bond donors (Lipinski definition) is 2. The summed E-state index contributed by atoms with van der Waals surface area (Å²) in [6.07, 6.45) is 3.14. The lowest BCUT2D eigenvalue weighted by Gasteiger charge is -2.11. The molecular formula is C6H10N2S. The fraction of sp³-hybridized carbons (Fsp3) is 0.500. The molecule has 3 N–H and O–H groups in total. The van der Waals surface area contributed by atoms with Crippen molar-refractivity contribution in [3.63, 3.8) is 0 Å². The molecule has 0 amide bonds. The summed E-state index contributed by atoms with van der Waals surface area (Å²) in [5.41, 5.74) is 6.47. The van der Waals surface area contributed by atoms with Gasteiger partial charge < -0.3 is 11.1 Å². The second-order valence-corrected chi connectivity index (χ2v) is 2.50. The van der Waals surface area contributed by atoms with Crippen molar-refractivity contribution in [1.82, 2.24) is 5.32 Å². The minimum atomic E-state index is 0.530. The summed E-state index contributed by atoms with van der Waals surface area (Å²) in [5, 5.41) is 3.18. The van der Waals surface area contributed by atoms with E-state index in [4.69, 9.17) is 18.0 Å². The average Bonchev–Trinajstić information content (AvgIpc) is 1.90. The third kappa shape index (κ3) is 1.77. The monoisotopic (exact) mass is 142 g/mol. The maximum atomic E-state index is 5.39. The van der Waals surface area contributed by atoms with Crippen LogP contribution in [0.5, 0.6) is 0 Å². The minimum absolute atomic E-state index is 0.530. The molecule has 0 aromatic heterocycles. The second kappa shape index (κ2) is 2.94. The lowest BCUT2D eigenvalue weighted by molar-refractivity contribution is 0.717. The maximum absolute atomic E-state index is 5.39. The third-order valence-electron chi connectivity index (χ3n) is 1.34. The predicted octanol–water partition coefficient (Wildman–Crippen LogP) is 0.192. The van der Waals surface area contributed by atoms with Crippen LogP contribution in [-0.4, -0.2) is 18.1 Å². The van der Waals surface area contributed by atoms with Crippen LogP contribution in [0.4, 0.5) is 0 Å². The molecule has 0 aromatic carbocycles. The molecule has 0 unspecified atom stereocenters. The van der Waals surface area contributed by atoms with E-state index in [0.29, 0.717) is 4.99 Å². The molecule has 0 bridgehead atoms.